The molecule has 6 heteroatoms. The summed E-state index contributed by atoms with van der Waals surface area (Å²) in [6.07, 6.45) is 36.7. The first-order valence-electron chi connectivity index (χ1n) is 21.9. The molecule has 0 spiro atoms. The van der Waals surface area contributed by atoms with Crippen LogP contribution >= 0.6 is 0 Å². The zero-order valence-electron chi connectivity index (χ0n) is 33.9. The molecule has 0 aromatic heterocycles. The van der Waals surface area contributed by atoms with Crippen LogP contribution in [0, 0.1) is 5.92 Å². The molecule has 6 nitrogen and oxygen atoms in total. The molecule has 0 saturated carbocycles. The number of rotatable bonds is 39. The molecule has 1 atom stereocenters. The molecule has 0 N–H and O–H groups in total. The van der Waals surface area contributed by atoms with Crippen LogP contribution in [0.2, 0.25) is 0 Å². The molecule has 0 amide bonds. The lowest BCUT2D eigenvalue weighted by Gasteiger charge is -2.18. The molecule has 0 saturated heterocycles. The predicted molar refractivity (Wildman–Crippen MR) is 210 cm³/mol. The second kappa shape index (κ2) is 38.6. The normalized spacial score (nSPS) is 11.9. The van der Waals surface area contributed by atoms with E-state index in [2.05, 4.69) is 27.7 Å². The zero-order chi connectivity index (χ0) is 36.8. The summed E-state index contributed by atoms with van der Waals surface area (Å²) in [5, 5.41) is 0. The molecule has 0 aromatic carbocycles. The highest BCUT2D eigenvalue weighted by Gasteiger charge is 2.19. The van der Waals surface area contributed by atoms with Crippen molar-refractivity contribution in [3.8, 4) is 0 Å². The van der Waals surface area contributed by atoms with Crippen molar-refractivity contribution in [2.45, 2.75) is 246 Å². The maximum Gasteiger partial charge on any atom is 0.306 e. The second-order valence-electron chi connectivity index (χ2n) is 15.5. The summed E-state index contributed by atoms with van der Waals surface area (Å²) in [7, 11) is 0. The van der Waals surface area contributed by atoms with Crippen LogP contribution in [-0.4, -0.2) is 37.2 Å². The molecule has 0 rings (SSSR count). The zero-order valence-corrected chi connectivity index (χ0v) is 33.9. The first-order chi connectivity index (χ1) is 24.4. The van der Waals surface area contributed by atoms with Crippen molar-refractivity contribution in [2.24, 2.45) is 5.92 Å². The third-order valence-corrected chi connectivity index (χ3v) is 9.79. The van der Waals surface area contributed by atoms with Crippen molar-refractivity contribution in [1.82, 2.24) is 0 Å². The monoisotopic (exact) mass is 709 g/mol. The first kappa shape index (κ1) is 48.4. The minimum absolute atomic E-state index is 0.0648. The predicted octanol–water partition coefficient (Wildman–Crippen LogP) is 13.6. The van der Waals surface area contributed by atoms with E-state index in [0.29, 0.717) is 19.3 Å². The maximum atomic E-state index is 12.6. The number of carbonyl (C=O) groups excluding carboxylic acids is 3. The number of unbranched alkanes of at least 4 members (excludes halogenated alkanes) is 26. The molecule has 50 heavy (non-hydrogen) atoms. The van der Waals surface area contributed by atoms with Gasteiger partial charge >= 0.3 is 17.9 Å². The van der Waals surface area contributed by atoms with Crippen LogP contribution in [0.15, 0.2) is 0 Å². The Morgan fingerprint density at radius 1 is 0.380 bits per heavy atom. The van der Waals surface area contributed by atoms with E-state index < -0.39 is 6.10 Å². The topological polar surface area (TPSA) is 78.9 Å². The number of ether oxygens (including phenoxy) is 3. The van der Waals surface area contributed by atoms with Crippen LogP contribution in [0.5, 0.6) is 0 Å². The molecule has 0 fully saturated rings. The molecule has 296 valence electrons. The summed E-state index contributed by atoms with van der Waals surface area (Å²) in [6, 6.07) is 0. The van der Waals surface area contributed by atoms with Gasteiger partial charge in [-0.1, -0.05) is 201 Å². The van der Waals surface area contributed by atoms with E-state index in [4.69, 9.17) is 14.2 Å². The Kier molecular flexibility index (Phi) is 37.4. The van der Waals surface area contributed by atoms with Gasteiger partial charge in [-0.25, -0.2) is 0 Å². The molecular weight excluding hydrogens is 624 g/mol. The van der Waals surface area contributed by atoms with Crippen LogP contribution in [0.1, 0.15) is 240 Å². The van der Waals surface area contributed by atoms with Crippen molar-refractivity contribution in [2.75, 3.05) is 13.2 Å². The SMILES string of the molecule is CCCCCCCCCCCCCCCCC(=O)OC[C@@H](COC(=O)CCCCCCCCCCC(C)C)OC(=O)CCCCCCCCC. The summed E-state index contributed by atoms with van der Waals surface area (Å²) in [4.78, 5) is 37.5. The lowest BCUT2D eigenvalue weighted by molar-refractivity contribution is -0.167. The van der Waals surface area contributed by atoms with Crippen molar-refractivity contribution >= 4 is 17.9 Å². The van der Waals surface area contributed by atoms with Crippen molar-refractivity contribution in [3.63, 3.8) is 0 Å². The second-order valence-corrected chi connectivity index (χ2v) is 15.5. The van der Waals surface area contributed by atoms with Gasteiger partial charge in [0.25, 0.3) is 0 Å². The van der Waals surface area contributed by atoms with Crippen LogP contribution in [0.25, 0.3) is 0 Å². The Labute approximate surface area is 310 Å². The first-order valence-corrected chi connectivity index (χ1v) is 21.9. The van der Waals surface area contributed by atoms with Crippen LogP contribution in [-0.2, 0) is 28.6 Å². The van der Waals surface area contributed by atoms with Crippen LogP contribution < -0.4 is 0 Å². The van der Waals surface area contributed by atoms with E-state index in [1.165, 1.54) is 135 Å². The summed E-state index contributed by atoms with van der Waals surface area (Å²) in [5.74, 6) is -0.0682. The largest absolute Gasteiger partial charge is 0.462 e. The maximum absolute atomic E-state index is 12.6. The van der Waals surface area contributed by atoms with Crippen LogP contribution in [0.4, 0.5) is 0 Å². The molecule has 0 unspecified atom stereocenters. The average molecular weight is 709 g/mol. The Balaban J connectivity index is 4.24. The smallest absolute Gasteiger partial charge is 0.306 e. The summed E-state index contributed by atoms with van der Waals surface area (Å²) in [6.45, 7) is 8.91. The standard InChI is InChI=1S/C44H84O6/c1-5-7-9-11-13-14-15-16-17-18-19-24-27-31-35-42(45)48-38-41(50-44(47)37-33-29-22-12-10-8-6-2)39-49-43(46)36-32-28-25-21-20-23-26-30-34-40(3)4/h40-41H,5-39H2,1-4H3/t41-/m0/s1. The molecule has 0 aromatic rings. The van der Waals surface area contributed by atoms with Crippen molar-refractivity contribution in [1.29, 1.82) is 0 Å². The lowest BCUT2D eigenvalue weighted by atomic mass is 10.0. The Hall–Kier alpha value is -1.59. The van der Waals surface area contributed by atoms with Gasteiger partial charge in [-0.15, -0.1) is 0 Å². The van der Waals surface area contributed by atoms with Crippen molar-refractivity contribution < 1.29 is 28.6 Å². The Morgan fingerprint density at radius 3 is 0.980 bits per heavy atom. The highest BCUT2D eigenvalue weighted by molar-refractivity contribution is 5.71. The van der Waals surface area contributed by atoms with E-state index in [9.17, 15) is 14.4 Å². The average Bonchev–Trinajstić information content (AvgIpc) is 3.09. The summed E-state index contributed by atoms with van der Waals surface area (Å²) in [5.41, 5.74) is 0. The van der Waals surface area contributed by atoms with Gasteiger partial charge in [0.2, 0.25) is 0 Å². The van der Waals surface area contributed by atoms with Gasteiger partial charge < -0.3 is 14.2 Å². The number of hydrogen-bond donors (Lipinski definition) is 0. The van der Waals surface area contributed by atoms with Crippen LogP contribution in [0.3, 0.4) is 0 Å². The fourth-order valence-corrected chi connectivity index (χ4v) is 6.45. The minimum Gasteiger partial charge on any atom is -0.462 e. The minimum atomic E-state index is -0.757. The molecular formula is C44H84O6. The highest BCUT2D eigenvalue weighted by Crippen LogP contribution is 2.16. The third kappa shape index (κ3) is 37.7. The van der Waals surface area contributed by atoms with Gasteiger partial charge in [0, 0.05) is 19.3 Å². The van der Waals surface area contributed by atoms with Gasteiger partial charge in [-0.3, -0.25) is 14.4 Å². The third-order valence-electron chi connectivity index (χ3n) is 9.79. The number of carbonyl (C=O) groups is 3. The Morgan fingerprint density at radius 2 is 0.660 bits per heavy atom. The fourth-order valence-electron chi connectivity index (χ4n) is 6.45. The molecule has 0 aliphatic carbocycles. The van der Waals surface area contributed by atoms with E-state index in [1.54, 1.807) is 0 Å². The molecule has 0 aliphatic rings. The molecule has 0 bridgehead atoms. The molecule has 0 heterocycles. The van der Waals surface area contributed by atoms with Gasteiger partial charge in [0.1, 0.15) is 13.2 Å². The van der Waals surface area contributed by atoms with Crippen molar-refractivity contribution in [3.05, 3.63) is 0 Å². The van der Waals surface area contributed by atoms with E-state index >= 15 is 0 Å². The number of hydrogen-bond acceptors (Lipinski definition) is 6. The van der Waals surface area contributed by atoms with E-state index in [1.807, 2.05) is 0 Å². The molecule has 0 aliphatic heterocycles. The van der Waals surface area contributed by atoms with Gasteiger partial charge in [-0.2, -0.15) is 0 Å². The quantitative estimate of drug-likeness (QED) is 0.0359. The van der Waals surface area contributed by atoms with Gasteiger partial charge in [0.15, 0.2) is 6.10 Å². The van der Waals surface area contributed by atoms with E-state index in [0.717, 1.165) is 63.7 Å². The van der Waals surface area contributed by atoms with E-state index in [-0.39, 0.29) is 31.1 Å². The fraction of sp³-hybridized carbons (Fsp3) is 0.932. The summed E-state index contributed by atoms with van der Waals surface area (Å²) >= 11 is 0. The van der Waals surface area contributed by atoms with Gasteiger partial charge in [0.05, 0.1) is 0 Å². The Bertz CT molecular complexity index is 751. The van der Waals surface area contributed by atoms with Gasteiger partial charge in [-0.05, 0) is 25.2 Å². The highest BCUT2D eigenvalue weighted by atomic mass is 16.6. The number of esters is 3. The summed E-state index contributed by atoms with van der Waals surface area (Å²) < 4.78 is 16.6. The lowest BCUT2D eigenvalue weighted by Crippen LogP contribution is -2.30. The molecule has 0 radical (unpaired) electrons.